The average molecular weight is 717 g/mol. The van der Waals surface area contributed by atoms with Gasteiger partial charge in [-0.3, -0.25) is 11.8 Å². The van der Waals surface area contributed by atoms with Crippen LogP contribution in [0, 0.1) is 7.05 Å². The van der Waals surface area contributed by atoms with Gasteiger partial charge >= 0.3 is 6.03 Å². The van der Waals surface area contributed by atoms with Crippen LogP contribution in [0.3, 0.4) is 0 Å². The molecule has 3 aliphatic rings. The van der Waals surface area contributed by atoms with Gasteiger partial charge in [0.15, 0.2) is 5.82 Å². The SMILES string of the molecule is [CH2-]N1CCN(c2nc(-c3ccc(NC(=O)Nc4ccc(C(=O)N5CCC(N(C)C)CC5)cc4)cc3)nc(N3CCOCC3)n2)CC1.[Y]. The molecule has 3 amide bonds. The zero-order chi connectivity index (χ0) is 32.0. The van der Waals surface area contributed by atoms with Crippen molar-refractivity contribution < 1.29 is 47.0 Å². The van der Waals surface area contributed by atoms with E-state index < -0.39 is 0 Å². The molecule has 3 saturated heterocycles. The first-order valence-electron chi connectivity index (χ1n) is 16.0. The van der Waals surface area contributed by atoms with Gasteiger partial charge in [-0.25, -0.2) is 4.79 Å². The molecule has 0 unspecified atom stereocenters. The summed E-state index contributed by atoms with van der Waals surface area (Å²) in [4.78, 5) is 50.7. The molecule has 3 fully saturated rings. The van der Waals surface area contributed by atoms with Crippen molar-refractivity contribution in [3.63, 3.8) is 0 Å². The van der Waals surface area contributed by atoms with Crippen LogP contribution in [-0.2, 0) is 37.4 Å². The fourth-order valence-electron chi connectivity index (χ4n) is 5.94. The van der Waals surface area contributed by atoms with Gasteiger partial charge in [0.1, 0.15) is 0 Å². The Labute approximate surface area is 301 Å². The first-order valence-corrected chi connectivity index (χ1v) is 16.0. The summed E-state index contributed by atoms with van der Waals surface area (Å²) in [5.74, 6) is 1.90. The Balaban J connectivity index is 0.00000433. The predicted octanol–water partition coefficient (Wildman–Crippen LogP) is 3.10. The van der Waals surface area contributed by atoms with Gasteiger partial charge in [0, 0.05) is 101 Å². The minimum Gasteiger partial charge on any atom is -0.456 e. The van der Waals surface area contributed by atoms with Crippen LogP contribution in [0.1, 0.15) is 23.2 Å². The smallest absolute Gasteiger partial charge is 0.323 e. The number of benzene rings is 2. The molecule has 3 aliphatic heterocycles. The number of likely N-dealkylation sites (tertiary alicyclic amines) is 1. The van der Waals surface area contributed by atoms with Crippen molar-refractivity contribution in [2.75, 3.05) is 100 Å². The first kappa shape index (κ1) is 35.1. The number of carbonyl (C=O) groups excluding carboxylic acids is 2. The van der Waals surface area contributed by atoms with Crippen molar-refractivity contribution >= 4 is 35.2 Å². The predicted molar refractivity (Wildman–Crippen MR) is 179 cm³/mol. The van der Waals surface area contributed by atoms with Crippen LogP contribution < -0.4 is 20.4 Å². The van der Waals surface area contributed by atoms with E-state index in [2.05, 4.69) is 51.4 Å². The summed E-state index contributed by atoms with van der Waals surface area (Å²) in [6.45, 7) is 7.50. The van der Waals surface area contributed by atoms with Crippen LogP contribution in [0.2, 0.25) is 0 Å². The van der Waals surface area contributed by atoms with E-state index in [1.54, 1.807) is 24.3 Å². The maximum Gasteiger partial charge on any atom is 0.323 e. The van der Waals surface area contributed by atoms with E-state index in [4.69, 9.17) is 19.7 Å². The van der Waals surface area contributed by atoms with Crippen LogP contribution in [0.4, 0.5) is 28.1 Å². The number of amides is 3. The number of hydrogen-bond donors (Lipinski definition) is 2. The minimum atomic E-state index is -0.376. The number of morpholine rings is 1. The van der Waals surface area contributed by atoms with Crippen molar-refractivity contribution in [1.29, 1.82) is 0 Å². The fraction of sp³-hybridized carbons (Fsp3) is 0.455. The molecule has 0 spiro atoms. The van der Waals surface area contributed by atoms with Crippen molar-refractivity contribution in [2.45, 2.75) is 18.9 Å². The summed E-state index contributed by atoms with van der Waals surface area (Å²) in [6.07, 6.45) is 1.95. The quantitative estimate of drug-likeness (QED) is 0.353. The number of anilines is 4. The van der Waals surface area contributed by atoms with E-state index in [9.17, 15) is 9.59 Å². The standard InChI is InChI=1S/C33H43N10O3.Y/c1-39(2)28-12-14-41(15-13-28)30(44)25-6-10-27(11-7-25)35-33(45)34-26-8-4-24(5-9-26)29-36-31(42-18-16-40(3)17-19-42)38-32(37-29)43-20-22-46-23-21-43;/h4-11,28H,3,12-23H2,1-2H3,(H2,34,35,45);/q-1;. The van der Waals surface area contributed by atoms with Crippen LogP contribution in [0.15, 0.2) is 48.5 Å². The van der Waals surface area contributed by atoms with Gasteiger partial charge in [0.2, 0.25) is 11.9 Å². The second kappa shape index (κ2) is 16.3. The molecular weight excluding hydrogens is 673 g/mol. The van der Waals surface area contributed by atoms with Gasteiger partial charge in [0.05, 0.1) is 13.2 Å². The van der Waals surface area contributed by atoms with Gasteiger partial charge in [0.25, 0.3) is 5.91 Å². The maximum absolute atomic E-state index is 13.0. The number of nitrogens with zero attached hydrogens (tertiary/aromatic N) is 8. The van der Waals surface area contributed by atoms with Crippen LogP contribution in [-0.4, -0.2) is 127 Å². The van der Waals surface area contributed by atoms with Crippen LogP contribution in [0.25, 0.3) is 11.4 Å². The molecule has 14 heteroatoms. The molecule has 0 atom stereocenters. The molecule has 3 aromatic rings. The Hall–Kier alpha value is -3.23. The third-order valence-corrected chi connectivity index (χ3v) is 8.83. The Bertz CT molecular complexity index is 1490. The topological polar surface area (TPSA) is 122 Å². The zero-order valence-electron chi connectivity index (χ0n) is 27.3. The summed E-state index contributed by atoms with van der Waals surface area (Å²) in [6, 6.07) is 14.6. The number of hydrogen-bond acceptors (Lipinski definition) is 10. The molecule has 0 saturated carbocycles. The van der Waals surface area contributed by atoms with Gasteiger partial charge in [-0.1, -0.05) is 0 Å². The molecule has 2 aromatic carbocycles. The van der Waals surface area contributed by atoms with E-state index in [-0.39, 0.29) is 44.6 Å². The Morgan fingerprint density at radius 2 is 1.30 bits per heavy atom. The second-order valence-electron chi connectivity index (χ2n) is 12.2. The molecule has 1 aromatic heterocycles. The molecule has 47 heavy (non-hydrogen) atoms. The fourth-order valence-corrected chi connectivity index (χ4v) is 5.94. The second-order valence-corrected chi connectivity index (χ2v) is 12.2. The van der Waals surface area contributed by atoms with Gasteiger partial charge in [-0.15, -0.1) is 0 Å². The summed E-state index contributed by atoms with van der Waals surface area (Å²) in [7, 11) is 8.22. The number of ether oxygens (including phenoxy) is 1. The maximum atomic E-state index is 13.0. The van der Waals surface area contributed by atoms with E-state index >= 15 is 0 Å². The minimum absolute atomic E-state index is 0. The molecule has 1 radical (unpaired) electrons. The van der Waals surface area contributed by atoms with Crippen LogP contribution >= 0.6 is 0 Å². The third kappa shape index (κ3) is 9.02. The summed E-state index contributed by atoms with van der Waals surface area (Å²) in [5.41, 5.74) is 2.67. The number of aromatic nitrogens is 3. The number of piperidine rings is 1. The number of nitrogens with one attached hydrogen (secondary N) is 2. The number of carbonyl (C=O) groups is 2. The van der Waals surface area contributed by atoms with E-state index in [0.717, 1.165) is 70.8 Å². The molecule has 0 bridgehead atoms. The normalized spacial score (nSPS) is 17.7. The molecule has 6 rings (SSSR count). The summed E-state index contributed by atoms with van der Waals surface area (Å²) < 4.78 is 5.53. The van der Waals surface area contributed by atoms with Crippen molar-refractivity contribution in [3.8, 4) is 11.4 Å². The summed E-state index contributed by atoms with van der Waals surface area (Å²) >= 11 is 0. The molecule has 247 valence electrons. The van der Waals surface area contributed by atoms with E-state index in [1.807, 2.05) is 29.2 Å². The third-order valence-electron chi connectivity index (χ3n) is 8.83. The number of urea groups is 1. The zero-order valence-corrected chi connectivity index (χ0v) is 30.1. The molecule has 2 N–H and O–H groups in total. The molecule has 0 aliphatic carbocycles. The largest absolute Gasteiger partial charge is 0.456 e. The van der Waals surface area contributed by atoms with Crippen molar-refractivity contribution in [1.82, 2.24) is 29.7 Å². The van der Waals surface area contributed by atoms with Crippen molar-refractivity contribution in [2.24, 2.45) is 0 Å². The molecule has 13 nitrogen and oxygen atoms in total. The molecule has 4 heterocycles. The van der Waals surface area contributed by atoms with E-state index in [0.29, 0.717) is 53.9 Å². The Morgan fingerprint density at radius 1 is 0.766 bits per heavy atom. The summed E-state index contributed by atoms with van der Waals surface area (Å²) in [5, 5.41) is 5.73. The van der Waals surface area contributed by atoms with Gasteiger partial charge < -0.3 is 39.9 Å². The van der Waals surface area contributed by atoms with Gasteiger partial charge in [-0.2, -0.15) is 15.0 Å². The Morgan fingerprint density at radius 3 is 1.85 bits per heavy atom. The number of piperazine rings is 1. The Kier molecular flexibility index (Phi) is 12.1. The monoisotopic (exact) mass is 716 g/mol. The first-order chi connectivity index (χ1) is 22.3. The molecular formula is C33H43N10O3Y-. The van der Waals surface area contributed by atoms with Crippen LogP contribution in [0.5, 0.6) is 0 Å². The van der Waals surface area contributed by atoms with E-state index in [1.165, 1.54) is 0 Å². The number of rotatable bonds is 7. The van der Waals surface area contributed by atoms with Gasteiger partial charge in [-0.05, 0) is 88.6 Å². The average Bonchev–Trinajstić information content (AvgIpc) is 3.09. The van der Waals surface area contributed by atoms with Crippen molar-refractivity contribution in [3.05, 3.63) is 61.1 Å².